The van der Waals surface area contributed by atoms with Gasteiger partial charge in [-0.15, -0.1) is 0 Å². The Hall–Kier alpha value is -2.04. The number of likely N-dealkylation sites (tertiary alicyclic amines) is 1. The minimum Gasteiger partial charge on any atom is -0.401 e. The van der Waals surface area contributed by atoms with E-state index in [-0.39, 0.29) is 11.6 Å². The Kier molecular flexibility index (Phi) is 6.06. The zero-order chi connectivity index (χ0) is 22.1. The predicted molar refractivity (Wildman–Crippen MR) is 123 cm³/mol. The van der Waals surface area contributed by atoms with E-state index >= 15 is 4.39 Å². The molecule has 0 spiro atoms. The van der Waals surface area contributed by atoms with Crippen molar-refractivity contribution in [3.05, 3.63) is 60.7 Å². The van der Waals surface area contributed by atoms with Gasteiger partial charge in [0.1, 0.15) is 6.17 Å². The molecule has 0 saturated carbocycles. The maximum atomic E-state index is 15.6. The fraction of sp³-hybridized carbons (Fsp3) is 0.480. The Morgan fingerprint density at radius 3 is 2.00 bits per heavy atom. The zero-order valence-corrected chi connectivity index (χ0v) is 19.6. The number of alkyl halides is 1. The molecule has 0 N–H and O–H groups in total. The Bertz CT molecular complexity index is 883. The zero-order valence-electron chi connectivity index (χ0n) is 18.6. The van der Waals surface area contributed by atoms with Gasteiger partial charge in [-0.1, -0.05) is 81.4 Å². The van der Waals surface area contributed by atoms with Crippen LogP contribution in [0.4, 0.5) is 4.39 Å². The van der Waals surface area contributed by atoms with Gasteiger partial charge in [0.05, 0.1) is 25.4 Å². The number of nitrogens with zero attached hydrogens (tertiary/aromatic N) is 2. The summed E-state index contributed by atoms with van der Waals surface area (Å²) in [6, 6.07) is 23.0. The SMILES string of the molecule is CC(C)(C)[Si](O[C@H]1CCN(C2(C#N)COC2)C[C@H]1F)(c1ccccc1)c1ccccc1. The lowest BCUT2D eigenvalue weighted by Gasteiger charge is -2.50. The second-order valence-corrected chi connectivity index (χ2v) is 14.0. The molecular formula is C25H31FN2O2Si. The van der Waals surface area contributed by atoms with Crippen LogP contribution in [-0.4, -0.2) is 57.3 Å². The average molecular weight is 439 g/mol. The summed E-state index contributed by atoms with van der Waals surface area (Å²) in [6.07, 6.45) is -1.09. The van der Waals surface area contributed by atoms with Crippen molar-refractivity contribution in [3.8, 4) is 6.07 Å². The topological polar surface area (TPSA) is 45.5 Å². The Balaban J connectivity index is 1.68. The third kappa shape index (κ3) is 3.85. The van der Waals surface area contributed by atoms with E-state index in [0.717, 1.165) is 10.4 Å². The molecule has 4 nitrogen and oxygen atoms in total. The summed E-state index contributed by atoms with van der Waals surface area (Å²) in [5, 5.41) is 11.7. The van der Waals surface area contributed by atoms with Gasteiger partial charge in [0.15, 0.2) is 5.54 Å². The summed E-state index contributed by atoms with van der Waals surface area (Å²) in [5.41, 5.74) is -0.674. The molecule has 31 heavy (non-hydrogen) atoms. The molecule has 2 aliphatic rings. The van der Waals surface area contributed by atoms with Crippen molar-refractivity contribution in [2.24, 2.45) is 0 Å². The maximum Gasteiger partial charge on any atom is 0.261 e. The molecule has 2 aromatic carbocycles. The highest BCUT2D eigenvalue weighted by molar-refractivity contribution is 6.99. The van der Waals surface area contributed by atoms with Crippen LogP contribution in [0.1, 0.15) is 27.2 Å². The highest BCUT2D eigenvalue weighted by Crippen LogP contribution is 2.39. The van der Waals surface area contributed by atoms with E-state index in [4.69, 9.17) is 9.16 Å². The van der Waals surface area contributed by atoms with Gasteiger partial charge in [-0.05, 0) is 21.8 Å². The maximum absolute atomic E-state index is 15.6. The molecular weight excluding hydrogens is 407 g/mol. The largest absolute Gasteiger partial charge is 0.401 e. The number of rotatable bonds is 5. The number of piperidine rings is 1. The van der Waals surface area contributed by atoms with Crippen LogP contribution in [0.2, 0.25) is 5.04 Å². The first-order valence-corrected chi connectivity index (χ1v) is 12.9. The fourth-order valence-corrected chi connectivity index (χ4v) is 9.67. The van der Waals surface area contributed by atoms with Gasteiger partial charge in [-0.2, -0.15) is 5.26 Å². The third-order valence-corrected chi connectivity index (χ3v) is 11.8. The lowest BCUT2D eigenvalue weighted by atomic mass is 9.93. The van der Waals surface area contributed by atoms with Crippen molar-refractivity contribution in [2.75, 3.05) is 26.3 Å². The molecule has 2 fully saturated rings. The van der Waals surface area contributed by atoms with E-state index < -0.39 is 26.1 Å². The molecule has 2 saturated heterocycles. The van der Waals surface area contributed by atoms with Crippen LogP contribution < -0.4 is 10.4 Å². The number of ether oxygens (including phenoxy) is 1. The molecule has 0 aliphatic carbocycles. The van der Waals surface area contributed by atoms with E-state index in [9.17, 15) is 5.26 Å². The molecule has 0 bridgehead atoms. The van der Waals surface area contributed by atoms with E-state index in [2.05, 4.69) is 51.1 Å². The van der Waals surface area contributed by atoms with Crippen molar-refractivity contribution in [3.63, 3.8) is 0 Å². The van der Waals surface area contributed by atoms with E-state index in [1.54, 1.807) is 0 Å². The number of nitriles is 1. The minimum absolute atomic E-state index is 0.192. The van der Waals surface area contributed by atoms with Crippen molar-refractivity contribution in [1.29, 1.82) is 5.26 Å². The smallest absolute Gasteiger partial charge is 0.261 e. The van der Waals surface area contributed by atoms with Crippen LogP contribution in [-0.2, 0) is 9.16 Å². The van der Waals surface area contributed by atoms with Gasteiger partial charge >= 0.3 is 0 Å². The van der Waals surface area contributed by atoms with Gasteiger partial charge < -0.3 is 9.16 Å². The number of hydrogen-bond acceptors (Lipinski definition) is 4. The summed E-state index contributed by atoms with van der Waals surface area (Å²) < 4.78 is 27.9. The summed E-state index contributed by atoms with van der Waals surface area (Å²) >= 11 is 0. The van der Waals surface area contributed by atoms with Crippen LogP contribution in [0.5, 0.6) is 0 Å². The number of halogens is 1. The van der Waals surface area contributed by atoms with Crippen molar-refractivity contribution in [2.45, 2.75) is 50.0 Å². The van der Waals surface area contributed by atoms with Gasteiger partial charge in [-0.3, -0.25) is 4.90 Å². The van der Waals surface area contributed by atoms with Gasteiger partial charge in [-0.25, -0.2) is 4.39 Å². The van der Waals surface area contributed by atoms with E-state index in [0.29, 0.717) is 26.2 Å². The first kappa shape index (κ1) is 22.2. The molecule has 0 amide bonds. The van der Waals surface area contributed by atoms with Crippen LogP contribution in [0.15, 0.2) is 60.7 Å². The van der Waals surface area contributed by atoms with Crippen molar-refractivity contribution >= 4 is 18.7 Å². The van der Waals surface area contributed by atoms with E-state index in [1.165, 1.54) is 0 Å². The summed E-state index contributed by atoms with van der Waals surface area (Å²) in [5.74, 6) is 0. The average Bonchev–Trinajstić information content (AvgIpc) is 2.73. The second kappa shape index (κ2) is 8.48. The third-order valence-electron chi connectivity index (χ3n) is 6.72. The Labute approximate surface area is 185 Å². The quantitative estimate of drug-likeness (QED) is 0.672. The molecule has 2 aliphatic heterocycles. The molecule has 164 valence electrons. The van der Waals surface area contributed by atoms with Crippen molar-refractivity contribution < 1.29 is 13.6 Å². The summed E-state index contributed by atoms with van der Waals surface area (Å²) in [6.45, 7) is 8.18. The molecule has 0 aromatic heterocycles. The van der Waals surface area contributed by atoms with Crippen LogP contribution in [0, 0.1) is 11.3 Å². The molecule has 2 heterocycles. The van der Waals surface area contributed by atoms with E-state index in [1.807, 2.05) is 41.3 Å². The highest BCUT2D eigenvalue weighted by Gasteiger charge is 2.54. The van der Waals surface area contributed by atoms with Crippen LogP contribution in [0.3, 0.4) is 0 Å². The molecule has 2 atom stereocenters. The van der Waals surface area contributed by atoms with Crippen molar-refractivity contribution in [1.82, 2.24) is 4.90 Å². The first-order chi connectivity index (χ1) is 14.8. The molecule has 0 radical (unpaired) electrons. The summed E-state index contributed by atoms with van der Waals surface area (Å²) in [7, 11) is -2.80. The Morgan fingerprint density at radius 1 is 1.06 bits per heavy atom. The molecule has 6 heteroatoms. The number of hydrogen-bond donors (Lipinski definition) is 0. The predicted octanol–water partition coefficient (Wildman–Crippen LogP) is 3.27. The number of benzene rings is 2. The standard InChI is InChI=1S/C25H31FN2O2Si/c1-24(2,3)31(20-10-6-4-7-11-20,21-12-8-5-9-13-21)30-23-14-15-28(16-22(23)26)25(17-27)18-29-19-25/h4-13,22-23H,14-16,18-19H2,1-3H3/t22-,23+/m1/s1. The van der Waals surface area contributed by atoms with Gasteiger partial charge in [0.25, 0.3) is 8.32 Å². The van der Waals surface area contributed by atoms with Gasteiger partial charge in [0, 0.05) is 13.1 Å². The van der Waals surface area contributed by atoms with Crippen LogP contribution in [0.25, 0.3) is 0 Å². The lowest BCUT2D eigenvalue weighted by molar-refractivity contribution is -0.131. The summed E-state index contributed by atoms with van der Waals surface area (Å²) in [4.78, 5) is 1.95. The highest BCUT2D eigenvalue weighted by atomic mass is 28.4. The minimum atomic E-state index is -2.80. The van der Waals surface area contributed by atoms with Crippen LogP contribution >= 0.6 is 0 Å². The second-order valence-electron chi connectivity index (χ2n) is 9.71. The lowest BCUT2D eigenvalue weighted by Crippen LogP contribution is -2.70. The monoisotopic (exact) mass is 438 g/mol. The first-order valence-electron chi connectivity index (χ1n) is 11.0. The van der Waals surface area contributed by atoms with Gasteiger partial charge in [0.2, 0.25) is 0 Å². The normalized spacial score (nSPS) is 24.2. The molecule has 4 rings (SSSR count). The fourth-order valence-electron chi connectivity index (χ4n) is 4.94. The molecule has 0 unspecified atom stereocenters. The Morgan fingerprint density at radius 2 is 1.61 bits per heavy atom. The molecule has 2 aromatic rings.